The van der Waals surface area contributed by atoms with Crippen LogP contribution in [0.15, 0.2) is 122 Å². The molecule has 0 spiro atoms. The van der Waals surface area contributed by atoms with Gasteiger partial charge in [-0.15, -0.1) is 0 Å². The van der Waals surface area contributed by atoms with Gasteiger partial charge in [0.2, 0.25) is 5.91 Å². The highest BCUT2D eigenvalue weighted by atomic mass is 16.7. The number of nitrogens with one attached hydrogen (secondary N) is 1. The van der Waals surface area contributed by atoms with E-state index in [0.29, 0.717) is 12.8 Å². The van der Waals surface area contributed by atoms with Crippen LogP contribution in [0.1, 0.15) is 258 Å². The molecule has 452 valence electrons. The molecule has 1 amide bonds. The van der Waals surface area contributed by atoms with Crippen molar-refractivity contribution in [1.29, 1.82) is 0 Å². The summed E-state index contributed by atoms with van der Waals surface area (Å²) in [6, 6.07) is -0.870. The number of hydrogen-bond donors (Lipinski definition) is 6. The fourth-order valence-electron chi connectivity index (χ4n) is 9.47. The second-order valence-electron chi connectivity index (χ2n) is 21.8. The largest absolute Gasteiger partial charge is 0.394 e. The maximum Gasteiger partial charge on any atom is 0.220 e. The van der Waals surface area contributed by atoms with Gasteiger partial charge in [-0.05, 0) is 96.3 Å². The van der Waals surface area contributed by atoms with E-state index < -0.39 is 49.5 Å². The number of allylic oxidation sites excluding steroid dienone is 19. The van der Waals surface area contributed by atoms with Crippen LogP contribution in [0.25, 0.3) is 0 Å². The Morgan fingerprint density at radius 1 is 0.443 bits per heavy atom. The molecule has 1 fully saturated rings. The van der Waals surface area contributed by atoms with Gasteiger partial charge in [0.1, 0.15) is 24.4 Å². The summed E-state index contributed by atoms with van der Waals surface area (Å²) in [6.07, 6.45) is 80.2. The Morgan fingerprint density at radius 2 is 0.797 bits per heavy atom. The van der Waals surface area contributed by atoms with Crippen molar-refractivity contribution >= 4 is 5.91 Å². The molecule has 0 saturated carbocycles. The van der Waals surface area contributed by atoms with Crippen LogP contribution in [0.2, 0.25) is 0 Å². The normalized spacial score (nSPS) is 19.4. The van der Waals surface area contributed by atoms with Gasteiger partial charge >= 0.3 is 0 Å². The molecule has 9 nitrogen and oxygen atoms in total. The van der Waals surface area contributed by atoms with Crippen LogP contribution in [0.5, 0.6) is 0 Å². The van der Waals surface area contributed by atoms with Crippen molar-refractivity contribution in [1.82, 2.24) is 5.32 Å². The van der Waals surface area contributed by atoms with Gasteiger partial charge in [-0.2, -0.15) is 0 Å². The minimum Gasteiger partial charge on any atom is -0.394 e. The zero-order valence-electron chi connectivity index (χ0n) is 50.3. The molecule has 7 unspecified atom stereocenters. The minimum absolute atomic E-state index is 0.237. The molecular weight excluding hydrogens is 983 g/mol. The molecule has 79 heavy (non-hydrogen) atoms. The average molecular weight is 1100 g/mol. The van der Waals surface area contributed by atoms with Gasteiger partial charge in [0, 0.05) is 6.42 Å². The first-order valence-electron chi connectivity index (χ1n) is 32.3. The Bertz CT molecular complexity index is 1660. The van der Waals surface area contributed by atoms with E-state index >= 15 is 0 Å². The molecule has 1 heterocycles. The number of rotatable bonds is 54. The molecule has 7 atom stereocenters. The fraction of sp³-hybridized carbons (Fsp3) is 0.700. The highest BCUT2D eigenvalue weighted by molar-refractivity contribution is 5.76. The lowest BCUT2D eigenvalue weighted by Gasteiger charge is -2.40. The number of aliphatic hydroxyl groups excluding tert-OH is 5. The number of ether oxygens (including phenoxy) is 2. The topological polar surface area (TPSA) is 149 Å². The van der Waals surface area contributed by atoms with Gasteiger partial charge < -0.3 is 40.3 Å². The first kappa shape index (κ1) is 73.6. The summed E-state index contributed by atoms with van der Waals surface area (Å²) >= 11 is 0. The molecule has 0 bridgehead atoms. The number of carbonyl (C=O) groups is 1. The van der Waals surface area contributed by atoms with Crippen LogP contribution >= 0.6 is 0 Å². The summed E-state index contributed by atoms with van der Waals surface area (Å²) in [4.78, 5) is 13.1. The molecule has 1 aliphatic heterocycles. The summed E-state index contributed by atoms with van der Waals surface area (Å²) in [5, 5.41) is 54.5. The molecule has 0 aliphatic carbocycles. The summed E-state index contributed by atoms with van der Waals surface area (Å²) in [6.45, 7) is 3.62. The van der Waals surface area contributed by atoms with Crippen molar-refractivity contribution in [3.63, 3.8) is 0 Å². The van der Waals surface area contributed by atoms with Gasteiger partial charge in [0.15, 0.2) is 6.29 Å². The molecule has 0 radical (unpaired) electrons. The molecule has 6 N–H and O–H groups in total. The SMILES string of the molecule is CC/C=C\C/C=C\C/C=C\C/C=C\C/C=C\C/C=C\C/C=C\CCCC(=O)NC(COC1OC(CO)C(O)C(O)C1O)C(O)/C=C/CC/C=C/CC/C=C/CCCCCCCCCCCCCCCCCCCCCCCCC. The Labute approximate surface area is 484 Å². The van der Waals surface area contributed by atoms with Crippen molar-refractivity contribution in [3.05, 3.63) is 122 Å². The van der Waals surface area contributed by atoms with Crippen LogP contribution in [0.3, 0.4) is 0 Å². The third kappa shape index (κ3) is 46.9. The molecule has 1 rings (SSSR count). The maximum atomic E-state index is 13.1. The Kier molecular flexibility index (Phi) is 53.9. The van der Waals surface area contributed by atoms with E-state index in [4.69, 9.17) is 9.47 Å². The van der Waals surface area contributed by atoms with Gasteiger partial charge in [-0.3, -0.25) is 4.79 Å². The monoisotopic (exact) mass is 1100 g/mol. The van der Waals surface area contributed by atoms with E-state index in [-0.39, 0.29) is 18.9 Å². The average Bonchev–Trinajstić information content (AvgIpc) is 3.47. The second kappa shape index (κ2) is 57.8. The second-order valence-corrected chi connectivity index (χ2v) is 21.8. The third-order valence-corrected chi connectivity index (χ3v) is 14.5. The van der Waals surface area contributed by atoms with Crippen molar-refractivity contribution in [3.8, 4) is 0 Å². The molecular formula is C70H119NO8. The number of unbranched alkanes of at least 4 members (excludes halogenated alkanes) is 26. The van der Waals surface area contributed by atoms with Gasteiger partial charge in [0.25, 0.3) is 0 Å². The quantitative estimate of drug-likeness (QED) is 0.0261. The third-order valence-electron chi connectivity index (χ3n) is 14.5. The zero-order chi connectivity index (χ0) is 57.2. The van der Waals surface area contributed by atoms with E-state index in [9.17, 15) is 30.3 Å². The molecule has 9 heteroatoms. The van der Waals surface area contributed by atoms with Crippen molar-refractivity contribution in [2.75, 3.05) is 13.2 Å². The Morgan fingerprint density at radius 3 is 1.22 bits per heavy atom. The number of aliphatic hydroxyl groups is 5. The summed E-state index contributed by atoms with van der Waals surface area (Å²) in [5.74, 6) is -0.252. The van der Waals surface area contributed by atoms with E-state index in [1.54, 1.807) is 6.08 Å². The van der Waals surface area contributed by atoms with Crippen LogP contribution in [-0.4, -0.2) is 87.5 Å². The number of carbonyl (C=O) groups excluding carboxylic acids is 1. The van der Waals surface area contributed by atoms with E-state index in [1.807, 2.05) is 6.08 Å². The summed E-state index contributed by atoms with van der Waals surface area (Å²) < 4.78 is 11.2. The highest BCUT2D eigenvalue weighted by Crippen LogP contribution is 2.23. The molecule has 1 aliphatic rings. The molecule has 1 saturated heterocycles. The van der Waals surface area contributed by atoms with Crippen LogP contribution in [-0.2, 0) is 14.3 Å². The minimum atomic E-state index is -1.59. The van der Waals surface area contributed by atoms with Crippen molar-refractivity contribution in [2.45, 2.75) is 301 Å². The van der Waals surface area contributed by atoms with Gasteiger partial charge in [0.05, 0.1) is 25.4 Å². The lowest BCUT2D eigenvalue weighted by molar-refractivity contribution is -0.302. The highest BCUT2D eigenvalue weighted by Gasteiger charge is 2.44. The van der Waals surface area contributed by atoms with Crippen molar-refractivity contribution < 1.29 is 39.8 Å². The molecule has 0 aromatic heterocycles. The predicted molar refractivity (Wildman–Crippen MR) is 336 cm³/mol. The Balaban J connectivity index is 2.25. The maximum absolute atomic E-state index is 13.1. The summed E-state index contributed by atoms with van der Waals surface area (Å²) in [5.41, 5.74) is 0. The van der Waals surface area contributed by atoms with E-state index in [2.05, 4.69) is 129 Å². The van der Waals surface area contributed by atoms with Crippen LogP contribution in [0, 0.1) is 0 Å². The van der Waals surface area contributed by atoms with Gasteiger partial charge in [-0.25, -0.2) is 0 Å². The smallest absolute Gasteiger partial charge is 0.220 e. The predicted octanol–water partition coefficient (Wildman–Crippen LogP) is 17.1. The molecule has 0 aromatic rings. The molecule has 0 aromatic carbocycles. The standard InChI is InChI=1S/C70H119NO8/c1-3-5-7-9-11-13-15-17-19-21-23-25-27-28-29-30-31-32-33-34-35-36-38-39-41-43-45-47-49-51-53-55-57-59-64(73)63(62-78-70-69(77)68(76)67(75)65(61-72)79-70)71-66(74)60-58-56-54-52-50-48-46-44-42-40-37-26-24-22-20-18-16-14-12-10-8-6-4-2/h6,8,12,14,18,20,24,26,40-43,46,48-49,51-52,54,57,59,63-65,67-70,72-73,75-77H,3-5,7,9-11,13,15-17,19,21-23,25,27-39,44-45,47,50,53,55-56,58,60-62H2,1-2H3,(H,71,74)/b8-6-,14-12-,20-18-,26-24-,42-40-,43-41+,48-46-,51-49+,54-52-,59-57+. The zero-order valence-corrected chi connectivity index (χ0v) is 50.3. The van der Waals surface area contributed by atoms with E-state index in [0.717, 1.165) is 77.0 Å². The van der Waals surface area contributed by atoms with Crippen LogP contribution < -0.4 is 5.32 Å². The lowest BCUT2D eigenvalue weighted by atomic mass is 9.99. The first-order valence-corrected chi connectivity index (χ1v) is 32.3. The fourth-order valence-corrected chi connectivity index (χ4v) is 9.47. The van der Waals surface area contributed by atoms with Gasteiger partial charge in [-0.1, -0.05) is 277 Å². The number of amides is 1. The van der Waals surface area contributed by atoms with Crippen LogP contribution in [0.4, 0.5) is 0 Å². The van der Waals surface area contributed by atoms with E-state index in [1.165, 1.54) is 148 Å². The first-order chi connectivity index (χ1) is 38.8. The lowest BCUT2D eigenvalue weighted by Crippen LogP contribution is -2.60. The number of hydrogen-bond acceptors (Lipinski definition) is 8. The van der Waals surface area contributed by atoms with Crippen molar-refractivity contribution in [2.24, 2.45) is 0 Å². The summed E-state index contributed by atoms with van der Waals surface area (Å²) in [7, 11) is 0. The Hall–Kier alpha value is -3.41.